The van der Waals surface area contributed by atoms with Crippen molar-refractivity contribution in [3.8, 4) is 0 Å². The van der Waals surface area contributed by atoms with Crippen molar-refractivity contribution in [2.75, 3.05) is 13.3 Å². The van der Waals surface area contributed by atoms with Crippen LogP contribution >= 0.6 is 0 Å². The van der Waals surface area contributed by atoms with E-state index in [1.165, 1.54) is 51.4 Å². The summed E-state index contributed by atoms with van der Waals surface area (Å²) in [5.74, 6) is 0. The molecular weight excluding hydrogens is 203 g/mol. The van der Waals surface area contributed by atoms with Crippen molar-refractivity contribution in [3.63, 3.8) is 0 Å². The van der Waals surface area contributed by atoms with Gasteiger partial charge in [-0.05, 0) is 12.8 Å². The van der Waals surface area contributed by atoms with Gasteiger partial charge >= 0.3 is 0 Å². The molecule has 16 heavy (non-hydrogen) atoms. The molecule has 0 bridgehead atoms. The summed E-state index contributed by atoms with van der Waals surface area (Å²) in [7, 11) is 0. The molecule has 0 aromatic carbocycles. The molecule has 0 atom stereocenters. The van der Waals surface area contributed by atoms with Crippen LogP contribution in [0.5, 0.6) is 0 Å². The van der Waals surface area contributed by atoms with Gasteiger partial charge in [0, 0.05) is 0 Å². The summed E-state index contributed by atoms with van der Waals surface area (Å²) in [6, 6.07) is 0. The third-order valence-electron chi connectivity index (χ3n) is 3.03. The van der Waals surface area contributed by atoms with Crippen LogP contribution in [0.4, 0.5) is 4.39 Å². The van der Waals surface area contributed by atoms with Gasteiger partial charge in [0.25, 0.3) is 0 Å². The lowest BCUT2D eigenvalue weighted by Gasteiger charge is -2.01. The first-order valence-corrected chi connectivity index (χ1v) is 7.06. The first-order valence-electron chi connectivity index (χ1n) is 7.06. The van der Waals surface area contributed by atoms with Crippen LogP contribution in [-0.2, 0) is 5.11 Å². The van der Waals surface area contributed by atoms with E-state index in [2.05, 4.69) is 0 Å². The number of hydrogen-bond donors (Lipinski definition) is 0. The summed E-state index contributed by atoms with van der Waals surface area (Å²) >= 11 is 0. The van der Waals surface area contributed by atoms with E-state index in [4.69, 9.17) is 0 Å². The summed E-state index contributed by atoms with van der Waals surface area (Å²) in [4.78, 5) is 0. The molecule has 0 N–H and O–H groups in total. The zero-order valence-corrected chi connectivity index (χ0v) is 10.7. The molecule has 0 aliphatic rings. The van der Waals surface area contributed by atoms with Gasteiger partial charge < -0.3 is 0 Å². The standard InChI is InChI=1S/C14H28FO/c15-13-11-9-7-5-3-1-2-4-6-8-10-12-14-16/h1-14H2. The van der Waals surface area contributed by atoms with Crippen molar-refractivity contribution >= 4 is 0 Å². The molecule has 0 aliphatic heterocycles. The Morgan fingerprint density at radius 2 is 0.812 bits per heavy atom. The van der Waals surface area contributed by atoms with Crippen molar-refractivity contribution in [1.82, 2.24) is 0 Å². The highest BCUT2D eigenvalue weighted by Crippen LogP contribution is 2.11. The number of alkyl halides is 1. The number of hydrogen-bond acceptors (Lipinski definition) is 0. The Labute approximate surface area is 100 Å². The molecule has 0 spiro atoms. The van der Waals surface area contributed by atoms with E-state index in [0.717, 1.165) is 25.7 Å². The maximum absolute atomic E-state index is 11.8. The zero-order valence-electron chi connectivity index (χ0n) is 10.7. The Bertz CT molecular complexity index is 103. The van der Waals surface area contributed by atoms with Crippen LogP contribution in [0.15, 0.2) is 0 Å². The smallest absolute Gasteiger partial charge is 0.0894 e. The van der Waals surface area contributed by atoms with Crippen LogP contribution < -0.4 is 0 Å². The molecule has 0 aliphatic carbocycles. The van der Waals surface area contributed by atoms with Crippen molar-refractivity contribution in [2.24, 2.45) is 0 Å². The minimum Gasteiger partial charge on any atom is -0.251 e. The van der Waals surface area contributed by atoms with E-state index in [0.29, 0.717) is 0 Å². The van der Waals surface area contributed by atoms with Gasteiger partial charge in [-0.15, -0.1) is 0 Å². The molecule has 0 heterocycles. The molecular formula is C14H28FO. The first kappa shape index (κ1) is 15.9. The Kier molecular flexibility index (Phi) is 14.8. The maximum atomic E-state index is 11.8. The van der Waals surface area contributed by atoms with E-state index < -0.39 is 0 Å². The molecule has 1 nitrogen and oxygen atoms in total. The van der Waals surface area contributed by atoms with Gasteiger partial charge in [-0.25, -0.2) is 5.11 Å². The lowest BCUT2D eigenvalue weighted by molar-refractivity contribution is 0.186. The van der Waals surface area contributed by atoms with Gasteiger partial charge in [0.05, 0.1) is 13.3 Å². The van der Waals surface area contributed by atoms with Crippen LogP contribution in [0.25, 0.3) is 0 Å². The Morgan fingerprint density at radius 3 is 1.12 bits per heavy atom. The fourth-order valence-corrected chi connectivity index (χ4v) is 1.96. The minimum atomic E-state index is -0.149. The predicted octanol–water partition coefficient (Wildman–Crippen LogP) is 5.07. The van der Waals surface area contributed by atoms with Crippen LogP contribution in [0.1, 0.15) is 77.0 Å². The molecule has 0 unspecified atom stereocenters. The van der Waals surface area contributed by atoms with Gasteiger partial charge in [-0.1, -0.05) is 64.2 Å². The molecule has 97 valence electrons. The van der Waals surface area contributed by atoms with Gasteiger partial charge in [-0.3, -0.25) is 4.39 Å². The molecule has 0 aromatic heterocycles. The lowest BCUT2D eigenvalue weighted by Crippen LogP contribution is -1.84. The third kappa shape index (κ3) is 13.9. The average Bonchev–Trinajstić information content (AvgIpc) is 2.31. The molecule has 0 rings (SSSR count). The molecule has 0 saturated carbocycles. The highest BCUT2D eigenvalue weighted by atomic mass is 19.1. The fourth-order valence-electron chi connectivity index (χ4n) is 1.96. The average molecular weight is 231 g/mol. The Hall–Kier alpha value is -0.110. The second-order valence-corrected chi connectivity index (χ2v) is 4.64. The van der Waals surface area contributed by atoms with E-state index in [1.54, 1.807) is 0 Å². The largest absolute Gasteiger partial charge is 0.251 e. The quantitative estimate of drug-likeness (QED) is 0.394. The molecule has 0 aromatic rings. The summed E-state index contributed by atoms with van der Waals surface area (Å²) < 4.78 is 11.8. The lowest BCUT2D eigenvalue weighted by atomic mass is 10.1. The molecule has 1 radical (unpaired) electrons. The molecule has 2 heteroatoms. The summed E-state index contributed by atoms with van der Waals surface area (Å²) in [6.45, 7) is -0.0533. The maximum Gasteiger partial charge on any atom is 0.0894 e. The van der Waals surface area contributed by atoms with Crippen molar-refractivity contribution in [1.29, 1.82) is 0 Å². The van der Waals surface area contributed by atoms with Crippen LogP contribution in [0.2, 0.25) is 0 Å². The van der Waals surface area contributed by atoms with E-state index in [1.807, 2.05) is 0 Å². The van der Waals surface area contributed by atoms with Gasteiger partial charge in [-0.2, -0.15) is 0 Å². The normalized spacial score (nSPS) is 10.9. The SMILES string of the molecule is [O]CCCCCCCCCCCCCCF. The zero-order chi connectivity index (χ0) is 11.9. The summed E-state index contributed by atoms with van der Waals surface area (Å²) in [6.07, 6.45) is 14.1. The number of unbranched alkanes of at least 4 members (excludes halogenated alkanes) is 11. The second-order valence-electron chi connectivity index (χ2n) is 4.64. The second kappa shape index (κ2) is 14.9. The van der Waals surface area contributed by atoms with Crippen LogP contribution in [0.3, 0.4) is 0 Å². The van der Waals surface area contributed by atoms with Crippen molar-refractivity contribution in [3.05, 3.63) is 0 Å². The monoisotopic (exact) mass is 231 g/mol. The van der Waals surface area contributed by atoms with Crippen molar-refractivity contribution in [2.45, 2.75) is 77.0 Å². The van der Waals surface area contributed by atoms with Gasteiger partial charge in [0.15, 0.2) is 0 Å². The Morgan fingerprint density at radius 1 is 0.500 bits per heavy atom. The predicted molar refractivity (Wildman–Crippen MR) is 66.9 cm³/mol. The van der Waals surface area contributed by atoms with Crippen LogP contribution in [-0.4, -0.2) is 13.3 Å². The van der Waals surface area contributed by atoms with E-state index in [9.17, 15) is 9.50 Å². The summed E-state index contributed by atoms with van der Waals surface area (Å²) in [5.41, 5.74) is 0. The number of halogens is 1. The van der Waals surface area contributed by atoms with Crippen LogP contribution in [0, 0.1) is 0 Å². The minimum absolute atomic E-state index is 0.0961. The molecule has 0 amide bonds. The topological polar surface area (TPSA) is 19.9 Å². The summed E-state index contributed by atoms with van der Waals surface area (Å²) in [5, 5.41) is 10.2. The molecule has 0 fully saturated rings. The third-order valence-corrected chi connectivity index (χ3v) is 3.03. The first-order chi connectivity index (χ1) is 7.91. The van der Waals surface area contributed by atoms with Gasteiger partial charge in [0.1, 0.15) is 0 Å². The van der Waals surface area contributed by atoms with Crippen molar-refractivity contribution < 1.29 is 9.50 Å². The van der Waals surface area contributed by atoms with E-state index >= 15 is 0 Å². The highest BCUT2D eigenvalue weighted by Gasteiger charge is 1.93. The Balaban J connectivity index is 2.83. The fraction of sp³-hybridized carbons (Fsp3) is 1.00. The van der Waals surface area contributed by atoms with Gasteiger partial charge in [0.2, 0.25) is 0 Å². The number of rotatable bonds is 13. The van der Waals surface area contributed by atoms with E-state index in [-0.39, 0.29) is 13.3 Å². The molecule has 0 saturated heterocycles. The highest BCUT2D eigenvalue weighted by molar-refractivity contribution is 4.48.